The smallest absolute Gasteiger partial charge is 0.141 e. The molecule has 0 radical (unpaired) electrons. The van der Waals surface area contributed by atoms with Crippen molar-refractivity contribution in [3.63, 3.8) is 0 Å². The van der Waals surface area contributed by atoms with Gasteiger partial charge in [0.1, 0.15) is 5.82 Å². The standard InChI is InChI=1S/C12H19FN2/c1-12(2,3)11(14)5-4-9-6-10(13)8-15-7-9/h6-8,11H,4-5,14H2,1-3H3. The number of hydrogen-bond acceptors (Lipinski definition) is 2. The average molecular weight is 210 g/mol. The predicted molar refractivity (Wildman–Crippen MR) is 59.9 cm³/mol. The molecule has 0 aliphatic heterocycles. The molecule has 0 saturated carbocycles. The van der Waals surface area contributed by atoms with Gasteiger partial charge < -0.3 is 5.73 Å². The van der Waals surface area contributed by atoms with Crippen LogP contribution in [0.3, 0.4) is 0 Å². The Morgan fingerprint density at radius 3 is 2.60 bits per heavy atom. The fourth-order valence-corrected chi connectivity index (χ4v) is 1.35. The van der Waals surface area contributed by atoms with Gasteiger partial charge in [0, 0.05) is 12.2 Å². The van der Waals surface area contributed by atoms with E-state index in [9.17, 15) is 4.39 Å². The van der Waals surface area contributed by atoms with Crippen LogP contribution in [0.4, 0.5) is 4.39 Å². The van der Waals surface area contributed by atoms with E-state index in [0.717, 1.165) is 18.4 Å². The average Bonchev–Trinajstić information content (AvgIpc) is 2.12. The first-order valence-electron chi connectivity index (χ1n) is 5.24. The van der Waals surface area contributed by atoms with Crippen LogP contribution in [0.15, 0.2) is 18.5 Å². The minimum atomic E-state index is -0.281. The Hall–Kier alpha value is -0.960. The van der Waals surface area contributed by atoms with Gasteiger partial charge in [0.05, 0.1) is 6.20 Å². The molecule has 2 N–H and O–H groups in total. The number of halogens is 1. The molecule has 0 fully saturated rings. The molecule has 1 aromatic rings. The van der Waals surface area contributed by atoms with Crippen LogP contribution in [0.2, 0.25) is 0 Å². The van der Waals surface area contributed by atoms with E-state index in [1.165, 1.54) is 12.3 Å². The molecule has 0 aromatic carbocycles. The molecule has 2 nitrogen and oxygen atoms in total. The van der Waals surface area contributed by atoms with Crippen LogP contribution >= 0.6 is 0 Å². The molecule has 0 aliphatic carbocycles. The van der Waals surface area contributed by atoms with Crippen molar-refractivity contribution in [3.05, 3.63) is 29.8 Å². The molecule has 15 heavy (non-hydrogen) atoms. The molecule has 84 valence electrons. The summed E-state index contributed by atoms with van der Waals surface area (Å²) in [5.74, 6) is -0.281. The second-order valence-corrected chi connectivity index (χ2v) is 5.02. The zero-order valence-corrected chi connectivity index (χ0v) is 9.63. The highest BCUT2D eigenvalue weighted by Crippen LogP contribution is 2.21. The van der Waals surface area contributed by atoms with Crippen molar-refractivity contribution in [1.82, 2.24) is 4.98 Å². The van der Waals surface area contributed by atoms with Gasteiger partial charge in [0.15, 0.2) is 0 Å². The number of aromatic nitrogens is 1. The number of hydrogen-bond donors (Lipinski definition) is 1. The van der Waals surface area contributed by atoms with E-state index in [1.54, 1.807) is 6.20 Å². The molecule has 1 aromatic heterocycles. The summed E-state index contributed by atoms with van der Waals surface area (Å²) in [6.07, 6.45) is 4.55. The Kier molecular flexibility index (Phi) is 3.80. The van der Waals surface area contributed by atoms with Crippen molar-refractivity contribution in [1.29, 1.82) is 0 Å². The van der Waals surface area contributed by atoms with Gasteiger partial charge in [0.25, 0.3) is 0 Å². The van der Waals surface area contributed by atoms with E-state index < -0.39 is 0 Å². The normalized spacial score (nSPS) is 13.9. The highest BCUT2D eigenvalue weighted by Gasteiger charge is 2.19. The summed E-state index contributed by atoms with van der Waals surface area (Å²) in [5, 5.41) is 0. The zero-order chi connectivity index (χ0) is 11.5. The van der Waals surface area contributed by atoms with E-state index >= 15 is 0 Å². The third-order valence-corrected chi connectivity index (χ3v) is 2.62. The van der Waals surface area contributed by atoms with Crippen LogP contribution in [-0.4, -0.2) is 11.0 Å². The summed E-state index contributed by atoms with van der Waals surface area (Å²) < 4.78 is 12.8. The first-order valence-corrected chi connectivity index (χ1v) is 5.24. The van der Waals surface area contributed by atoms with Gasteiger partial charge in [-0.15, -0.1) is 0 Å². The van der Waals surface area contributed by atoms with Crippen molar-refractivity contribution in [2.75, 3.05) is 0 Å². The van der Waals surface area contributed by atoms with E-state index in [1.807, 2.05) is 0 Å². The van der Waals surface area contributed by atoms with E-state index in [0.29, 0.717) is 0 Å². The van der Waals surface area contributed by atoms with E-state index in [-0.39, 0.29) is 17.3 Å². The summed E-state index contributed by atoms with van der Waals surface area (Å²) in [4.78, 5) is 3.81. The first-order chi connectivity index (χ1) is 6.89. The Bertz CT molecular complexity index is 318. The largest absolute Gasteiger partial charge is 0.327 e. The molecule has 1 unspecified atom stereocenters. The van der Waals surface area contributed by atoms with E-state index in [2.05, 4.69) is 25.8 Å². The molecule has 1 rings (SSSR count). The minimum Gasteiger partial charge on any atom is -0.327 e. The van der Waals surface area contributed by atoms with Gasteiger partial charge in [-0.1, -0.05) is 20.8 Å². The summed E-state index contributed by atoms with van der Waals surface area (Å²) in [6, 6.07) is 1.64. The molecule has 0 saturated heterocycles. The van der Waals surface area contributed by atoms with Crippen molar-refractivity contribution >= 4 is 0 Å². The Labute approximate surface area is 90.7 Å². The molecule has 3 heteroatoms. The van der Waals surface area contributed by atoms with Crippen LogP contribution in [0.5, 0.6) is 0 Å². The van der Waals surface area contributed by atoms with Crippen LogP contribution < -0.4 is 5.73 Å². The van der Waals surface area contributed by atoms with Crippen molar-refractivity contribution in [2.24, 2.45) is 11.1 Å². The summed E-state index contributed by atoms with van der Waals surface area (Å²) in [6.45, 7) is 6.34. The lowest BCUT2D eigenvalue weighted by atomic mass is 9.84. The molecule has 0 aliphatic rings. The number of nitrogens with two attached hydrogens (primary N) is 1. The third-order valence-electron chi connectivity index (χ3n) is 2.62. The number of pyridine rings is 1. The number of aryl methyl sites for hydroxylation is 1. The fraction of sp³-hybridized carbons (Fsp3) is 0.583. The zero-order valence-electron chi connectivity index (χ0n) is 9.63. The lowest BCUT2D eigenvalue weighted by molar-refractivity contribution is 0.306. The molecular formula is C12H19FN2. The summed E-state index contributed by atoms with van der Waals surface area (Å²) in [7, 11) is 0. The van der Waals surface area contributed by atoms with E-state index in [4.69, 9.17) is 5.73 Å². The number of nitrogens with zero attached hydrogens (tertiary/aromatic N) is 1. The van der Waals surface area contributed by atoms with Gasteiger partial charge in [-0.25, -0.2) is 4.39 Å². The van der Waals surface area contributed by atoms with Crippen LogP contribution in [-0.2, 0) is 6.42 Å². The maximum Gasteiger partial charge on any atom is 0.141 e. The SMILES string of the molecule is CC(C)(C)C(N)CCc1cncc(F)c1. The molecular weight excluding hydrogens is 191 g/mol. The Morgan fingerprint density at radius 1 is 1.40 bits per heavy atom. The molecule has 0 spiro atoms. The molecule has 0 bridgehead atoms. The topological polar surface area (TPSA) is 38.9 Å². The maximum atomic E-state index is 12.8. The van der Waals surface area contributed by atoms with Gasteiger partial charge in [0.2, 0.25) is 0 Å². The first kappa shape index (κ1) is 12.1. The fourth-order valence-electron chi connectivity index (χ4n) is 1.35. The second-order valence-electron chi connectivity index (χ2n) is 5.02. The van der Waals surface area contributed by atoms with Gasteiger partial charge in [-0.05, 0) is 29.9 Å². The molecule has 0 amide bonds. The third kappa shape index (κ3) is 3.96. The van der Waals surface area contributed by atoms with Crippen LogP contribution in [0.25, 0.3) is 0 Å². The van der Waals surface area contributed by atoms with Crippen LogP contribution in [0.1, 0.15) is 32.8 Å². The van der Waals surface area contributed by atoms with Gasteiger partial charge in [-0.2, -0.15) is 0 Å². The van der Waals surface area contributed by atoms with Crippen molar-refractivity contribution < 1.29 is 4.39 Å². The lowest BCUT2D eigenvalue weighted by Crippen LogP contribution is -2.35. The predicted octanol–water partition coefficient (Wildman–Crippen LogP) is 2.53. The molecule has 1 heterocycles. The lowest BCUT2D eigenvalue weighted by Gasteiger charge is -2.26. The van der Waals surface area contributed by atoms with Crippen molar-refractivity contribution in [3.8, 4) is 0 Å². The van der Waals surface area contributed by atoms with Crippen LogP contribution in [0, 0.1) is 11.2 Å². The quantitative estimate of drug-likeness (QED) is 0.832. The highest BCUT2D eigenvalue weighted by atomic mass is 19.1. The minimum absolute atomic E-state index is 0.0980. The van der Waals surface area contributed by atoms with Gasteiger partial charge >= 0.3 is 0 Å². The second kappa shape index (κ2) is 4.71. The maximum absolute atomic E-state index is 12.8. The monoisotopic (exact) mass is 210 g/mol. The van der Waals surface area contributed by atoms with Gasteiger partial charge in [-0.3, -0.25) is 4.98 Å². The Morgan fingerprint density at radius 2 is 2.07 bits per heavy atom. The summed E-state index contributed by atoms with van der Waals surface area (Å²) in [5.41, 5.74) is 7.03. The summed E-state index contributed by atoms with van der Waals surface area (Å²) >= 11 is 0. The highest BCUT2D eigenvalue weighted by molar-refractivity contribution is 5.10. The number of rotatable bonds is 3. The molecule has 1 atom stereocenters. The van der Waals surface area contributed by atoms with Crippen molar-refractivity contribution in [2.45, 2.75) is 39.7 Å². The Balaban J connectivity index is 2.51.